The molecule has 0 spiro atoms. The summed E-state index contributed by atoms with van der Waals surface area (Å²) < 4.78 is 0. The molecule has 0 amide bonds. The molecule has 2 heteroatoms. The van der Waals surface area contributed by atoms with Crippen LogP contribution in [0, 0.1) is 5.92 Å². The molecule has 0 aromatic rings. The normalized spacial score (nSPS) is 17.8. The highest BCUT2D eigenvalue weighted by atomic mass is 16.2. The van der Waals surface area contributed by atoms with Crippen LogP contribution in [0.25, 0.3) is 0 Å². The summed E-state index contributed by atoms with van der Waals surface area (Å²) in [7, 11) is 2.19. The maximum Gasteiger partial charge on any atom is 0.0431 e. The van der Waals surface area contributed by atoms with Crippen molar-refractivity contribution in [2.75, 3.05) is 26.7 Å². The van der Waals surface area contributed by atoms with Crippen LogP contribution >= 0.6 is 0 Å². The smallest absolute Gasteiger partial charge is 0.0431 e. The Morgan fingerprint density at radius 1 is 1.23 bits per heavy atom. The summed E-state index contributed by atoms with van der Waals surface area (Å²) in [5.41, 5.74) is 0. The first-order valence-corrected chi connectivity index (χ1v) is 5.62. The third kappa shape index (κ3) is 4.63. The number of hydrogen-bond acceptors (Lipinski definition) is 2. The van der Waals surface area contributed by atoms with Crippen LogP contribution in [0.15, 0.2) is 0 Å². The van der Waals surface area contributed by atoms with Crippen LogP contribution in [-0.4, -0.2) is 36.8 Å². The van der Waals surface area contributed by atoms with Gasteiger partial charge in [-0.25, -0.2) is 0 Å². The minimum absolute atomic E-state index is 0.344. The second kappa shape index (κ2) is 6.39. The van der Waals surface area contributed by atoms with Crippen molar-refractivity contribution in [3.8, 4) is 0 Å². The van der Waals surface area contributed by atoms with Gasteiger partial charge in [0, 0.05) is 6.61 Å². The van der Waals surface area contributed by atoms with Crippen LogP contribution in [0.3, 0.4) is 0 Å². The first-order valence-electron chi connectivity index (χ1n) is 5.62. The van der Waals surface area contributed by atoms with E-state index in [9.17, 15) is 0 Å². The van der Waals surface area contributed by atoms with Gasteiger partial charge in [-0.05, 0) is 45.3 Å². The summed E-state index contributed by atoms with van der Waals surface area (Å²) in [6, 6.07) is 0. The molecule has 0 aromatic carbocycles. The van der Waals surface area contributed by atoms with Crippen LogP contribution in [-0.2, 0) is 0 Å². The number of aliphatic hydroxyl groups is 1. The number of nitrogens with zero attached hydrogens (tertiary/aromatic N) is 1. The van der Waals surface area contributed by atoms with Gasteiger partial charge in [-0.2, -0.15) is 0 Å². The maximum atomic E-state index is 8.63. The molecule has 0 bridgehead atoms. The number of rotatable bonds is 7. The zero-order chi connectivity index (χ0) is 9.52. The summed E-state index contributed by atoms with van der Waals surface area (Å²) in [5.74, 6) is 1.03. The van der Waals surface area contributed by atoms with Crippen LogP contribution < -0.4 is 0 Å². The molecule has 2 nitrogen and oxygen atoms in total. The molecule has 0 aliphatic heterocycles. The molecule has 1 saturated carbocycles. The molecule has 0 unspecified atom stereocenters. The van der Waals surface area contributed by atoms with Crippen molar-refractivity contribution in [3.05, 3.63) is 0 Å². The van der Waals surface area contributed by atoms with Crippen LogP contribution in [0.4, 0.5) is 0 Å². The van der Waals surface area contributed by atoms with Gasteiger partial charge in [-0.1, -0.05) is 19.3 Å². The molecule has 1 aliphatic carbocycles. The molecule has 78 valence electrons. The molecule has 1 rings (SSSR count). The summed E-state index contributed by atoms with van der Waals surface area (Å²) in [5, 5.41) is 8.63. The van der Waals surface area contributed by atoms with E-state index in [4.69, 9.17) is 5.11 Å². The second-order valence-corrected chi connectivity index (χ2v) is 4.32. The molecule has 0 aromatic heterocycles. The molecule has 0 radical (unpaired) electrons. The molecular formula is C11H23NO. The SMILES string of the molecule is CN(CCCCO)CCC1CCC1. The summed E-state index contributed by atoms with van der Waals surface area (Å²) >= 11 is 0. The van der Waals surface area contributed by atoms with E-state index in [1.807, 2.05) is 0 Å². The van der Waals surface area contributed by atoms with E-state index in [0.29, 0.717) is 6.61 Å². The lowest BCUT2D eigenvalue weighted by molar-refractivity contribution is 0.227. The van der Waals surface area contributed by atoms with Crippen molar-refractivity contribution >= 4 is 0 Å². The average molecular weight is 185 g/mol. The predicted molar refractivity (Wildman–Crippen MR) is 55.8 cm³/mol. The third-order valence-electron chi connectivity index (χ3n) is 3.09. The van der Waals surface area contributed by atoms with Crippen molar-refractivity contribution in [3.63, 3.8) is 0 Å². The molecule has 13 heavy (non-hydrogen) atoms. The van der Waals surface area contributed by atoms with Crippen LogP contribution in [0.5, 0.6) is 0 Å². The molecule has 1 fully saturated rings. The second-order valence-electron chi connectivity index (χ2n) is 4.32. The Balaban J connectivity index is 1.87. The quantitative estimate of drug-likeness (QED) is 0.612. The summed E-state index contributed by atoms with van der Waals surface area (Å²) in [6.45, 7) is 2.74. The number of aliphatic hydroxyl groups excluding tert-OH is 1. The molecule has 0 heterocycles. The molecule has 0 saturated heterocycles. The topological polar surface area (TPSA) is 23.5 Å². The molecular weight excluding hydrogens is 162 g/mol. The van der Waals surface area contributed by atoms with E-state index in [-0.39, 0.29) is 0 Å². The molecule has 0 atom stereocenters. The Morgan fingerprint density at radius 3 is 2.54 bits per heavy atom. The zero-order valence-corrected chi connectivity index (χ0v) is 8.84. The Bertz CT molecular complexity index is 123. The van der Waals surface area contributed by atoms with E-state index in [0.717, 1.165) is 25.3 Å². The Morgan fingerprint density at radius 2 is 2.00 bits per heavy atom. The minimum Gasteiger partial charge on any atom is -0.396 e. The third-order valence-corrected chi connectivity index (χ3v) is 3.09. The van der Waals surface area contributed by atoms with Gasteiger partial charge in [0.1, 0.15) is 0 Å². The zero-order valence-electron chi connectivity index (χ0n) is 8.84. The lowest BCUT2D eigenvalue weighted by Gasteiger charge is -2.27. The van der Waals surface area contributed by atoms with Gasteiger partial charge >= 0.3 is 0 Å². The van der Waals surface area contributed by atoms with Crippen molar-refractivity contribution in [1.82, 2.24) is 4.90 Å². The van der Waals surface area contributed by atoms with Crippen molar-refractivity contribution in [2.45, 2.75) is 38.5 Å². The highest BCUT2D eigenvalue weighted by Gasteiger charge is 2.17. The largest absolute Gasteiger partial charge is 0.396 e. The van der Waals surface area contributed by atoms with Crippen molar-refractivity contribution in [2.24, 2.45) is 5.92 Å². The van der Waals surface area contributed by atoms with E-state index < -0.39 is 0 Å². The molecule has 1 aliphatic rings. The number of unbranched alkanes of at least 4 members (excludes halogenated alkanes) is 1. The number of hydrogen-bond donors (Lipinski definition) is 1. The Kier molecular flexibility index (Phi) is 5.40. The van der Waals surface area contributed by atoms with Crippen molar-refractivity contribution < 1.29 is 5.11 Å². The fourth-order valence-corrected chi connectivity index (χ4v) is 1.79. The van der Waals surface area contributed by atoms with Gasteiger partial charge in [0.2, 0.25) is 0 Å². The van der Waals surface area contributed by atoms with Gasteiger partial charge < -0.3 is 10.0 Å². The first-order chi connectivity index (χ1) is 6.33. The predicted octanol–water partition coefficient (Wildman–Crippen LogP) is 1.88. The van der Waals surface area contributed by atoms with E-state index in [1.54, 1.807) is 0 Å². The Labute approximate surface area is 81.9 Å². The van der Waals surface area contributed by atoms with Crippen LogP contribution in [0.1, 0.15) is 38.5 Å². The summed E-state index contributed by atoms with van der Waals surface area (Å²) in [4.78, 5) is 2.40. The first kappa shape index (κ1) is 11.0. The van der Waals surface area contributed by atoms with Crippen molar-refractivity contribution in [1.29, 1.82) is 0 Å². The van der Waals surface area contributed by atoms with E-state index in [2.05, 4.69) is 11.9 Å². The fraction of sp³-hybridized carbons (Fsp3) is 1.00. The fourth-order valence-electron chi connectivity index (χ4n) is 1.79. The standard InChI is InChI=1S/C11H23NO/c1-12(8-2-3-10-13)9-7-11-5-4-6-11/h11,13H,2-10H2,1H3. The summed E-state index contributed by atoms with van der Waals surface area (Å²) in [6.07, 6.45) is 7.86. The van der Waals surface area contributed by atoms with Gasteiger partial charge in [-0.3, -0.25) is 0 Å². The average Bonchev–Trinajstić information content (AvgIpc) is 2.02. The maximum absolute atomic E-state index is 8.63. The molecule has 1 N–H and O–H groups in total. The van der Waals surface area contributed by atoms with Gasteiger partial charge in [0.25, 0.3) is 0 Å². The minimum atomic E-state index is 0.344. The van der Waals surface area contributed by atoms with E-state index >= 15 is 0 Å². The highest BCUT2D eigenvalue weighted by Crippen LogP contribution is 2.29. The lowest BCUT2D eigenvalue weighted by atomic mass is 9.83. The van der Waals surface area contributed by atoms with E-state index in [1.165, 1.54) is 32.2 Å². The highest BCUT2D eigenvalue weighted by molar-refractivity contribution is 4.70. The van der Waals surface area contributed by atoms with Gasteiger partial charge in [0.15, 0.2) is 0 Å². The van der Waals surface area contributed by atoms with Crippen LogP contribution in [0.2, 0.25) is 0 Å². The lowest BCUT2D eigenvalue weighted by Crippen LogP contribution is -2.25. The van der Waals surface area contributed by atoms with Gasteiger partial charge in [0.05, 0.1) is 0 Å². The Hall–Kier alpha value is -0.0800. The van der Waals surface area contributed by atoms with Gasteiger partial charge in [-0.15, -0.1) is 0 Å². The monoisotopic (exact) mass is 185 g/mol.